The lowest BCUT2D eigenvalue weighted by Crippen LogP contribution is -2.03. The summed E-state index contributed by atoms with van der Waals surface area (Å²) in [5.41, 5.74) is 0. The summed E-state index contributed by atoms with van der Waals surface area (Å²) in [6, 6.07) is 0. The van der Waals surface area contributed by atoms with E-state index in [0.29, 0.717) is 0 Å². The lowest BCUT2D eigenvalue weighted by molar-refractivity contribution is 0.509. The molecule has 0 amide bonds. The third-order valence-corrected chi connectivity index (χ3v) is 0.996. The Morgan fingerprint density at radius 2 is 2.00 bits per heavy atom. The maximum absolute atomic E-state index is 10.0. The zero-order valence-corrected chi connectivity index (χ0v) is 5.16. The highest BCUT2D eigenvalue weighted by Crippen LogP contribution is 1.80. The molecule has 0 saturated heterocycles. The summed E-state index contributed by atoms with van der Waals surface area (Å²) < 4.78 is 24.2. The first-order valence-electron chi connectivity index (χ1n) is 1.90. The quantitative estimate of drug-likeness (QED) is 0.457. The molecule has 5 heteroatoms. The van der Waals surface area contributed by atoms with Crippen molar-refractivity contribution < 1.29 is 12.5 Å². The average Bonchev–Trinajstić information content (AvgIpc) is 1.30. The minimum absolute atomic E-state index is 0.221. The van der Waals surface area contributed by atoms with Gasteiger partial charge in [-0.25, -0.2) is 8.42 Å². The summed E-state index contributed by atoms with van der Waals surface area (Å²) >= 11 is 0. The van der Waals surface area contributed by atoms with Crippen molar-refractivity contribution in [2.45, 2.75) is 6.82 Å². The van der Waals surface area contributed by atoms with E-state index >= 15 is 0 Å². The third-order valence-electron chi connectivity index (χ3n) is 0.332. The first-order chi connectivity index (χ1) is 3.06. The molecule has 0 atom stereocenters. The monoisotopic (exact) mass is 122 g/mol. The van der Waals surface area contributed by atoms with Gasteiger partial charge in [-0.15, -0.1) is 0 Å². The van der Waals surface area contributed by atoms with Crippen LogP contribution in [0.25, 0.3) is 0 Å². The Hall–Kier alpha value is -0.0251. The van der Waals surface area contributed by atoms with E-state index < -0.39 is 10.1 Å². The topological polar surface area (TPSA) is 43.4 Å². The van der Waals surface area contributed by atoms with Crippen molar-refractivity contribution in [1.82, 2.24) is 0 Å². The maximum atomic E-state index is 10.0. The first kappa shape index (κ1) is 6.97. The Labute approximate surface area is 44.1 Å². The molecule has 0 N–H and O–H groups in total. The second kappa shape index (κ2) is 2.33. The lowest BCUT2D eigenvalue weighted by Gasteiger charge is -1.90. The summed E-state index contributed by atoms with van der Waals surface area (Å²) in [7, 11) is -2.95. The molecule has 0 heterocycles. The molecule has 3 nitrogen and oxygen atoms in total. The highest BCUT2D eigenvalue weighted by Gasteiger charge is 1.95. The van der Waals surface area contributed by atoms with Crippen LogP contribution in [0.5, 0.6) is 0 Å². The van der Waals surface area contributed by atoms with Crippen molar-refractivity contribution in [3.05, 3.63) is 0 Å². The predicted octanol–water partition coefficient (Wildman–Crippen LogP) is -0.638. The van der Waals surface area contributed by atoms with Crippen molar-refractivity contribution >= 4 is 17.6 Å². The van der Waals surface area contributed by atoms with Gasteiger partial charge in [-0.05, 0) is 0 Å². The molecule has 0 fully saturated rings. The molecule has 0 aliphatic rings. The Morgan fingerprint density at radius 3 is 2.00 bits per heavy atom. The van der Waals surface area contributed by atoms with Crippen LogP contribution < -0.4 is 0 Å². The van der Waals surface area contributed by atoms with E-state index in [9.17, 15) is 8.42 Å². The van der Waals surface area contributed by atoms with Crippen LogP contribution in [0.3, 0.4) is 0 Å². The highest BCUT2D eigenvalue weighted by molar-refractivity contribution is 7.86. The van der Waals surface area contributed by atoms with Gasteiger partial charge in [0.15, 0.2) is 0 Å². The molecule has 0 aromatic carbocycles. The van der Waals surface area contributed by atoms with Gasteiger partial charge in [-0.3, -0.25) is 0 Å². The fraction of sp³-hybridized carbons (Fsp3) is 1.00. The SMILES string of the molecule is CBOS(C)(=O)=O. The van der Waals surface area contributed by atoms with E-state index in [2.05, 4.69) is 4.10 Å². The largest absolute Gasteiger partial charge is 0.339 e. The second-order valence-corrected chi connectivity index (χ2v) is 2.75. The van der Waals surface area contributed by atoms with Crippen LogP contribution >= 0.6 is 0 Å². The molecule has 0 saturated carbocycles. The number of rotatable bonds is 2. The van der Waals surface area contributed by atoms with Crippen molar-refractivity contribution in [1.29, 1.82) is 0 Å². The van der Waals surface area contributed by atoms with Gasteiger partial charge in [-0.2, -0.15) is 0 Å². The van der Waals surface area contributed by atoms with Crippen LogP contribution in [0.2, 0.25) is 6.82 Å². The van der Waals surface area contributed by atoms with E-state index in [-0.39, 0.29) is 7.48 Å². The second-order valence-electron chi connectivity index (χ2n) is 1.11. The summed E-state index contributed by atoms with van der Waals surface area (Å²) in [4.78, 5) is 0. The van der Waals surface area contributed by atoms with Crippen LogP contribution in [0.1, 0.15) is 0 Å². The van der Waals surface area contributed by atoms with Crippen LogP contribution in [0, 0.1) is 0 Å². The van der Waals surface area contributed by atoms with Crippen LogP contribution in [-0.4, -0.2) is 22.2 Å². The van der Waals surface area contributed by atoms with Gasteiger partial charge in [0.1, 0.15) is 0 Å². The zero-order chi connectivity index (χ0) is 5.91. The van der Waals surface area contributed by atoms with E-state index in [0.717, 1.165) is 6.26 Å². The molecule has 0 rings (SSSR count). The van der Waals surface area contributed by atoms with Crippen molar-refractivity contribution in [3.63, 3.8) is 0 Å². The standard InChI is InChI=1S/C2H7BO3S/c1-3-6-7(2,4)5/h3H,1-2H3. The average molecular weight is 122 g/mol. The van der Waals surface area contributed by atoms with Crippen molar-refractivity contribution in [2.24, 2.45) is 0 Å². The van der Waals surface area contributed by atoms with E-state index in [1.54, 1.807) is 6.82 Å². The van der Waals surface area contributed by atoms with Gasteiger partial charge in [-0.1, -0.05) is 6.82 Å². The van der Waals surface area contributed by atoms with Gasteiger partial charge in [0, 0.05) is 0 Å². The van der Waals surface area contributed by atoms with Crippen molar-refractivity contribution in [3.8, 4) is 0 Å². The Bertz CT molecular complexity index is 126. The Balaban J connectivity index is 3.60. The van der Waals surface area contributed by atoms with Gasteiger partial charge in [0.25, 0.3) is 17.6 Å². The molecule has 0 radical (unpaired) electrons. The lowest BCUT2D eigenvalue weighted by atomic mass is 10.1. The normalized spacial score (nSPS) is 11.1. The van der Waals surface area contributed by atoms with E-state index in [1.165, 1.54) is 0 Å². The molecule has 0 spiro atoms. The Morgan fingerprint density at radius 1 is 1.57 bits per heavy atom. The number of hydrogen-bond donors (Lipinski definition) is 0. The molecule has 0 aromatic rings. The van der Waals surface area contributed by atoms with Gasteiger partial charge >= 0.3 is 0 Å². The van der Waals surface area contributed by atoms with Gasteiger partial charge in [0.2, 0.25) is 0 Å². The smallest absolute Gasteiger partial charge is 0.297 e. The van der Waals surface area contributed by atoms with Crippen LogP contribution in [-0.2, 0) is 14.2 Å². The molecule has 42 valence electrons. The Kier molecular flexibility index (Phi) is 2.32. The summed E-state index contributed by atoms with van der Waals surface area (Å²) in [5.74, 6) is 0. The maximum Gasteiger partial charge on any atom is 0.297 e. The molecule has 0 aromatic heterocycles. The molecule has 0 bridgehead atoms. The zero-order valence-electron chi connectivity index (χ0n) is 4.34. The summed E-state index contributed by atoms with van der Waals surface area (Å²) in [6.07, 6.45) is 1.02. The fourth-order valence-electron chi connectivity index (χ4n) is 0.214. The predicted molar refractivity (Wildman–Crippen MR) is 28.9 cm³/mol. The van der Waals surface area contributed by atoms with Crippen LogP contribution in [0.4, 0.5) is 0 Å². The molecule has 0 aliphatic carbocycles. The van der Waals surface area contributed by atoms with E-state index in [4.69, 9.17) is 0 Å². The van der Waals surface area contributed by atoms with Gasteiger partial charge < -0.3 is 4.10 Å². The number of hydrogen-bond acceptors (Lipinski definition) is 3. The van der Waals surface area contributed by atoms with Crippen LogP contribution in [0.15, 0.2) is 0 Å². The summed E-state index contributed by atoms with van der Waals surface area (Å²) in [6.45, 7) is 1.63. The summed E-state index contributed by atoms with van der Waals surface area (Å²) in [5, 5.41) is 0. The third kappa shape index (κ3) is 5.97. The molecule has 0 unspecified atom stereocenters. The minimum atomic E-state index is -3.17. The molecular weight excluding hydrogens is 115 g/mol. The molecule has 7 heavy (non-hydrogen) atoms. The highest BCUT2D eigenvalue weighted by atomic mass is 32.2. The fourth-order valence-corrected chi connectivity index (χ4v) is 0.642. The van der Waals surface area contributed by atoms with E-state index in [1.807, 2.05) is 0 Å². The molecular formula is C2H7BO3S. The minimum Gasteiger partial charge on any atom is -0.339 e. The van der Waals surface area contributed by atoms with Gasteiger partial charge in [0.05, 0.1) is 6.26 Å². The first-order valence-corrected chi connectivity index (χ1v) is 3.72. The van der Waals surface area contributed by atoms with Crippen molar-refractivity contribution in [2.75, 3.05) is 6.26 Å². The molecule has 0 aliphatic heterocycles.